The van der Waals surface area contributed by atoms with E-state index in [1.54, 1.807) is 6.26 Å². The zero-order chi connectivity index (χ0) is 15.4. The fourth-order valence-electron chi connectivity index (χ4n) is 2.10. The van der Waals surface area contributed by atoms with Crippen molar-refractivity contribution in [1.29, 1.82) is 0 Å². The number of anilines is 1. The molecule has 5 heteroatoms. The average molecular weight is 304 g/mol. The maximum absolute atomic E-state index is 11.3. The van der Waals surface area contributed by atoms with E-state index in [1.165, 1.54) is 0 Å². The fourth-order valence-corrected chi connectivity index (χ4v) is 2.57. The molecule has 1 unspecified atom stereocenters. The van der Waals surface area contributed by atoms with E-state index >= 15 is 0 Å². The molecular weight excluding hydrogens is 284 g/mol. The quantitative estimate of drug-likeness (QED) is 0.922. The van der Waals surface area contributed by atoms with Crippen molar-refractivity contribution in [2.24, 2.45) is 0 Å². The van der Waals surface area contributed by atoms with Gasteiger partial charge in [0.15, 0.2) is 0 Å². The standard InChI is InChI=1S/C16H20N2O2S/c1-11-12(2)16(18-21(4)19)17-13(3)15(11)20-10-14-8-6-5-7-9-14/h5-9H,10H2,1-4H3,(H,17,18). The maximum atomic E-state index is 11.3. The van der Waals surface area contributed by atoms with Crippen LogP contribution in [0, 0.1) is 20.8 Å². The molecule has 0 aliphatic rings. The molecule has 1 aromatic heterocycles. The number of benzene rings is 1. The number of ether oxygens (including phenoxy) is 1. The molecule has 0 aliphatic heterocycles. The maximum Gasteiger partial charge on any atom is 0.144 e. The van der Waals surface area contributed by atoms with Crippen molar-refractivity contribution in [3.8, 4) is 5.75 Å². The topological polar surface area (TPSA) is 51.2 Å². The van der Waals surface area contributed by atoms with Crippen LogP contribution in [0.1, 0.15) is 22.4 Å². The minimum Gasteiger partial charge on any atom is -0.487 e. The first kappa shape index (κ1) is 15.5. The predicted molar refractivity (Wildman–Crippen MR) is 86.9 cm³/mol. The van der Waals surface area contributed by atoms with Crippen molar-refractivity contribution in [2.75, 3.05) is 11.0 Å². The lowest BCUT2D eigenvalue weighted by Gasteiger charge is -2.16. The number of aryl methyl sites for hydroxylation is 1. The summed E-state index contributed by atoms with van der Waals surface area (Å²) in [7, 11) is -1.14. The Morgan fingerprint density at radius 3 is 2.43 bits per heavy atom. The highest BCUT2D eigenvalue weighted by Gasteiger charge is 2.13. The van der Waals surface area contributed by atoms with Gasteiger partial charge in [0.1, 0.15) is 29.2 Å². The van der Waals surface area contributed by atoms with Crippen LogP contribution in [-0.4, -0.2) is 15.4 Å². The summed E-state index contributed by atoms with van der Waals surface area (Å²) in [5, 5.41) is 0. The summed E-state index contributed by atoms with van der Waals surface area (Å²) in [5.74, 6) is 1.45. The fraction of sp³-hybridized carbons (Fsp3) is 0.312. The van der Waals surface area contributed by atoms with Crippen LogP contribution >= 0.6 is 0 Å². The smallest absolute Gasteiger partial charge is 0.144 e. The van der Waals surface area contributed by atoms with Gasteiger partial charge in [0.05, 0.1) is 5.69 Å². The molecule has 2 rings (SSSR count). The van der Waals surface area contributed by atoms with Gasteiger partial charge in [-0.1, -0.05) is 30.3 Å². The molecule has 1 heterocycles. The van der Waals surface area contributed by atoms with E-state index in [1.807, 2.05) is 51.1 Å². The van der Waals surface area contributed by atoms with Gasteiger partial charge in [-0.15, -0.1) is 0 Å². The average Bonchev–Trinajstić information content (AvgIpc) is 2.45. The van der Waals surface area contributed by atoms with E-state index in [-0.39, 0.29) is 0 Å². The van der Waals surface area contributed by atoms with Crippen molar-refractivity contribution in [3.63, 3.8) is 0 Å². The summed E-state index contributed by atoms with van der Waals surface area (Å²) in [4.78, 5) is 4.46. The second-order valence-corrected chi connectivity index (χ2v) is 6.07. The molecule has 1 atom stereocenters. The van der Waals surface area contributed by atoms with Crippen LogP contribution in [0.5, 0.6) is 5.75 Å². The van der Waals surface area contributed by atoms with Gasteiger partial charge in [-0.25, -0.2) is 9.19 Å². The molecular formula is C16H20N2O2S. The molecule has 0 aliphatic carbocycles. The zero-order valence-corrected chi connectivity index (χ0v) is 13.6. The normalized spacial score (nSPS) is 12.0. The molecule has 0 fully saturated rings. The highest BCUT2D eigenvalue weighted by atomic mass is 32.2. The molecule has 0 saturated carbocycles. The van der Waals surface area contributed by atoms with Gasteiger partial charge >= 0.3 is 0 Å². The van der Waals surface area contributed by atoms with Crippen molar-refractivity contribution in [1.82, 2.24) is 4.98 Å². The summed E-state index contributed by atoms with van der Waals surface area (Å²) < 4.78 is 20.1. The van der Waals surface area contributed by atoms with Crippen LogP contribution < -0.4 is 9.46 Å². The Balaban J connectivity index is 2.24. The molecule has 112 valence electrons. The Hall–Kier alpha value is -1.88. The molecule has 21 heavy (non-hydrogen) atoms. The predicted octanol–water partition coefficient (Wildman–Crippen LogP) is 3.29. The van der Waals surface area contributed by atoms with E-state index in [9.17, 15) is 4.21 Å². The Kier molecular flexibility index (Phi) is 4.96. The molecule has 0 bridgehead atoms. The zero-order valence-electron chi connectivity index (χ0n) is 12.8. The van der Waals surface area contributed by atoms with Crippen LogP contribution in [0.15, 0.2) is 30.3 Å². The monoisotopic (exact) mass is 304 g/mol. The van der Waals surface area contributed by atoms with Gasteiger partial charge in [0.2, 0.25) is 0 Å². The highest BCUT2D eigenvalue weighted by molar-refractivity contribution is 7.85. The third-order valence-corrected chi connectivity index (χ3v) is 3.81. The molecule has 0 radical (unpaired) electrons. The Morgan fingerprint density at radius 1 is 1.14 bits per heavy atom. The molecule has 2 aromatic rings. The highest BCUT2D eigenvalue weighted by Crippen LogP contribution is 2.29. The third kappa shape index (κ3) is 3.82. The first-order valence-electron chi connectivity index (χ1n) is 6.73. The van der Waals surface area contributed by atoms with Crippen LogP contribution in [-0.2, 0) is 17.6 Å². The van der Waals surface area contributed by atoms with Crippen LogP contribution in [0.3, 0.4) is 0 Å². The van der Waals surface area contributed by atoms with Crippen molar-refractivity contribution in [2.45, 2.75) is 27.4 Å². The van der Waals surface area contributed by atoms with Gasteiger partial charge in [0, 0.05) is 6.26 Å². The van der Waals surface area contributed by atoms with Crippen LogP contribution in [0.2, 0.25) is 0 Å². The van der Waals surface area contributed by atoms with E-state index in [0.29, 0.717) is 12.4 Å². The van der Waals surface area contributed by atoms with Crippen molar-refractivity contribution < 1.29 is 8.95 Å². The van der Waals surface area contributed by atoms with Gasteiger partial charge < -0.3 is 4.74 Å². The first-order valence-corrected chi connectivity index (χ1v) is 8.29. The van der Waals surface area contributed by atoms with E-state index in [4.69, 9.17) is 4.74 Å². The lowest BCUT2D eigenvalue weighted by Crippen LogP contribution is -2.09. The number of nitrogens with zero attached hydrogens (tertiary/aromatic N) is 1. The summed E-state index contributed by atoms with van der Waals surface area (Å²) >= 11 is 0. The second kappa shape index (κ2) is 6.72. The number of pyridine rings is 1. The van der Waals surface area contributed by atoms with Crippen molar-refractivity contribution in [3.05, 3.63) is 52.7 Å². The first-order chi connectivity index (χ1) is 9.99. The third-order valence-electron chi connectivity index (χ3n) is 3.33. The SMILES string of the molecule is Cc1nc(NS(C)=O)c(C)c(C)c1OCc1ccccc1. The lowest BCUT2D eigenvalue weighted by atomic mass is 10.1. The molecule has 1 aromatic carbocycles. The summed E-state index contributed by atoms with van der Waals surface area (Å²) in [6.07, 6.45) is 1.59. The summed E-state index contributed by atoms with van der Waals surface area (Å²) in [5.41, 5.74) is 3.89. The van der Waals surface area contributed by atoms with Crippen molar-refractivity contribution >= 4 is 16.8 Å². The second-order valence-electron chi connectivity index (χ2n) is 4.96. The molecule has 0 spiro atoms. The number of nitrogens with one attached hydrogen (secondary N) is 1. The number of aromatic nitrogens is 1. The summed E-state index contributed by atoms with van der Waals surface area (Å²) in [6.45, 7) is 6.35. The number of hydrogen-bond acceptors (Lipinski definition) is 3. The molecule has 1 N–H and O–H groups in total. The van der Waals surface area contributed by atoms with Crippen LogP contribution in [0.4, 0.5) is 5.82 Å². The van der Waals surface area contributed by atoms with Gasteiger partial charge in [-0.05, 0) is 37.5 Å². The van der Waals surface area contributed by atoms with E-state index < -0.39 is 11.0 Å². The molecule has 0 amide bonds. The van der Waals surface area contributed by atoms with Crippen LogP contribution in [0.25, 0.3) is 0 Å². The largest absolute Gasteiger partial charge is 0.487 e. The minimum atomic E-state index is -1.14. The lowest BCUT2D eigenvalue weighted by molar-refractivity contribution is 0.300. The Bertz CT molecular complexity index is 657. The minimum absolute atomic E-state index is 0.510. The van der Waals surface area contributed by atoms with Gasteiger partial charge in [0.25, 0.3) is 0 Å². The Morgan fingerprint density at radius 2 is 1.81 bits per heavy atom. The molecule has 4 nitrogen and oxygen atoms in total. The number of rotatable bonds is 5. The summed E-state index contributed by atoms with van der Waals surface area (Å²) in [6, 6.07) is 10.0. The molecule has 0 saturated heterocycles. The van der Waals surface area contributed by atoms with E-state index in [0.717, 1.165) is 28.1 Å². The van der Waals surface area contributed by atoms with E-state index in [2.05, 4.69) is 9.71 Å². The van der Waals surface area contributed by atoms with Gasteiger partial charge in [-0.3, -0.25) is 4.72 Å². The van der Waals surface area contributed by atoms with Gasteiger partial charge in [-0.2, -0.15) is 0 Å². The number of hydrogen-bond donors (Lipinski definition) is 1. The Labute approximate surface area is 128 Å².